The topological polar surface area (TPSA) is 72.2 Å². The average molecular weight is 369 g/mol. The van der Waals surface area contributed by atoms with Crippen LogP contribution < -0.4 is 11.1 Å². The average Bonchev–Trinajstić information content (AvgIpc) is 3.01. The first-order valence-electron chi connectivity index (χ1n) is 7.42. The van der Waals surface area contributed by atoms with Crippen molar-refractivity contribution in [3.05, 3.63) is 37.4 Å². The van der Waals surface area contributed by atoms with Crippen molar-refractivity contribution in [3.8, 4) is 0 Å². The van der Waals surface area contributed by atoms with Gasteiger partial charge in [0.25, 0.3) is 5.91 Å². The second-order valence-electron chi connectivity index (χ2n) is 5.85. The highest BCUT2D eigenvalue weighted by Gasteiger charge is 2.27. The fourth-order valence-corrected chi connectivity index (χ4v) is 5.39. The van der Waals surface area contributed by atoms with Gasteiger partial charge in [-0.1, -0.05) is 18.5 Å². The Bertz CT molecular complexity index is 766. The Morgan fingerprint density at radius 2 is 2.17 bits per heavy atom. The number of amides is 2. The summed E-state index contributed by atoms with van der Waals surface area (Å²) in [6.07, 6.45) is 3.08. The van der Waals surface area contributed by atoms with Crippen LogP contribution in [0.4, 0.5) is 5.00 Å². The third kappa shape index (κ3) is 3.59. The summed E-state index contributed by atoms with van der Waals surface area (Å²) in [4.78, 5) is 26.2. The second-order valence-corrected chi connectivity index (χ2v) is 8.76. The van der Waals surface area contributed by atoms with E-state index in [0.29, 0.717) is 20.8 Å². The monoisotopic (exact) mass is 368 g/mol. The van der Waals surface area contributed by atoms with Crippen LogP contribution in [0.2, 0.25) is 4.34 Å². The van der Waals surface area contributed by atoms with Crippen LogP contribution in [0.15, 0.2) is 12.1 Å². The molecule has 1 atom stereocenters. The van der Waals surface area contributed by atoms with Gasteiger partial charge in [0.1, 0.15) is 5.00 Å². The van der Waals surface area contributed by atoms with Crippen LogP contribution >= 0.6 is 34.3 Å². The number of hydrogen-bond acceptors (Lipinski definition) is 4. The van der Waals surface area contributed by atoms with Crippen LogP contribution in [0.3, 0.4) is 0 Å². The van der Waals surface area contributed by atoms with Crippen LogP contribution in [-0.4, -0.2) is 11.8 Å². The van der Waals surface area contributed by atoms with Gasteiger partial charge in [-0.3, -0.25) is 9.59 Å². The van der Waals surface area contributed by atoms with E-state index in [1.165, 1.54) is 27.6 Å². The third-order valence-electron chi connectivity index (χ3n) is 3.97. The molecular weight excluding hydrogens is 352 g/mol. The lowest BCUT2D eigenvalue weighted by Gasteiger charge is -2.18. The minimum absolute atomic E-state index is 0.155. The van der Waals surface area contributed by atoms with Gasteiger partial charge in [-0.05, 0) is 42.9 Å². The van der Waals surface area contributed by atoms with E-state index in [2.05, 4.69) is 12.2 Å². The van der Waals surface area contributed by atoms with Gasteiger partial charge in [0.2, 0.25) is 5.91 Å². The summed E-state index contributed by atoms with van der Waals surface area (Å²) in [5.74, 6) is -0.0251. The highest BCUT2D eigenvalue weighted by Crippen LogP contribution is 2.39. The number of rotatable bonds is 4. The molecule has 7 heteroatoms. The predicted octanol–water partition coefficient (Wildman–Crippen LogP) is 3.87. The van der Waals surface area contributed by atoms with Gasteiger partial charge in [-0.15, -0.1) is 22.7 Å². The van der Waals surface area contributed by atoms with Gasteiger partial charge in [-0.25, -0.2) is 0 Å². The lowest BCUT2D eigenvalue weighted by atomic mass is 9.88. The van der Waals surface area contributed by atoms with E-state index >= 15 is 0 Å². The molecule has 122 valence electrons. The minimum atomic E-state index is -0.466. The first-order valence-corrected chi connectivity index (χ1v) is 9.43. The Morgan fingerprint density at radius 3 is 2.83 bits per heavy atom. The smallest absolute Gasteiger partial charge is 0.251 e. The molecule has 1 aliphatic rings. The van der Waals surface area contributed by atoms with E-state index in [0.717, 1.165) is 29.7 Å². The number of halogens is 1. The summed E-state index contributed by atoms with van der Waals surface area (Å²) in [6.45, 7) is 2.20. The summed E-state index contributed by atoms with van der Waals surface area (Å²) >= 11 is 8.74. The number of hydrogen-bond donors (Lipinski definition) is 2. The van der Waals surface area contributed by atoms with Gasteiger partial charge >= 0.3 is 0 Å². The highest BCUT2D eigenvalue weighted by molar-refractivity contribution is 7.17. The fourth-order valence-electron chi connectivity index (χ4n) is 2.88. The summed E-state index contributed by atoms with van der Waals surface area (Å²) < 4.78 is 0.659. The Kier molecular flexibility index (Phi) is 4.75. The molecule has 2 aromatic heterocycles. The number of carbonyl (C=O) groups is 2. The molecule has 23 heavy (non-hydrogen) atoms. The Balaban J connectivity index is 1.82. The molecule has 0 spiro atoms. The number of fused-ring (bicyclic) bond motifs is 1. The highest BCUT2D eigenvalue weighted by atomic mass is 35.5. The largest absolute Gasteiger partial charge is 0.365 e. The quantitative estimate of drug-likeness (QED) is 0.859. The number of carbonyl (C=O) groups excluding carboxylic acids is 2. The molecule has 1 aliphatic carbocycles. The molecule has 4 nitrogen and oxygen atoms in total. The van der Waals surface area contributed by atoms with Crippen LogP contribution in [0.25, 0.3) is 0 Å². The molecule has 2 amide bonds. The maximum Gasteiger partial charge on any atom is 0.251 e. The maximum absolute atomic E-state index is 12.3. The van der Waals surface area contributed by atoms with Crippen molar-refractivity contribution >= 4 is 51.1 Å². The summed E-state index contributed by atoms with van der Waals surface area (Å²) in [5.41, 5.74) is 7.07. The van der Waals surface area contributed by atoms with E-state index in [9.17, 15) is 9.59 Å². The fraction of sp³-hybridized carbons (Fsp3) is 0.375. The second kappa shape index (κ2) is 6.63. The van der Waals surface area contributed by atoms with Gasteiger partial charge in [0, 0.05) is 9.75 Å². The SMILES string of the molecule is C[C@H]1CCc2c(sc(NC(=O)Cc3ccc(Cl)s3)c2C(N)=O)C1. The van der Waals surface area contributed by atoms with Crippen LogP contribution in [0.5, 0.6) is 0 Å². The van der Waals surface area contributed by atoms with Crippen molar-refractivity contribution in [3.63, 3.8) is 0 Å². The van der Waals surface area contributed by atoms with Crippen molar-refractivity contribution in [2.75, 3.05) is 5.32 Å². The number of anilines is 1. The first kappa shape index (κ1) is 16.5. The lowest BCUT2D eigenvalue weighted by molar-refractivity contribution is -0.115. The van der Waals surface area contributed by atoms with Gasteiger partial charge in [-0.2, -0.15) is 0 Å². The van der Waals surface area contributed by atoms with E-state index in [1.54, 1.807) is 6.07 Å². The Morgan fingerprint density at radius 1 is 1.39 bits per heavy atom. The molecule has 0 aliphatic heterocycles. The zero-order valence-electron chi connectivity index (χ0n) is 12.6. The molecule has 3 rings (SSSR count). The lowest BCUT2D eigenvalue weighted by Crippen LogP contribution is -2.20. The van der Waals surface area contributed by atoms with E-state index in [4.69, 9.17) is 17.3 Å². The van der Waals surface area contributed by atoms with Crippen molar-refractivity contribution in [1.29, 1.82) is 0 Å². The Hall–Kier alpha value is -1.37. The molecule has 2 heterocycles. The molecule has 0 fully saturated rings. The van der Waals surface area contributed by atoms with Crippen molar-refractivity contribution in [1.82, 2.24) is 0 Å². The normalized spacial score (nSPS) is 16.9. The Labute approximate surface area is 147 Å². The summed E-state index contributed by atoms with van der Waals surface area (Å²) in [7, 11) is 0. The van der Waals surface area contributed by atoms with E-state index < -0.39 is 5.91 Å². The minimum Gasteiger partial charge on any atom is -0.365 e. The first-order chi connectivity index (χ1) is 10.9. The number of primary amides is 1. The van der Waals surface area contributed by atoms with Crippen molar-refractivity contribution in [2.45, 2.75) is 32.6 Å². The van der Waals surface area contributed by atoms with Crippen molar-refractivity contribution < 1.29 is 9.59 Å². The summed E-state index contributed by atoms with van der Waals surface area (Å²) in [6, 6.07) is 3.61. The molecule has 3 N–H and O–H groups in total. The zero-order chi connectivity index (χ0) is 16.6. The molecule has 0 unspecified atom stereocenters. The number of thiophene rings is 2. The maximum atomic E-state index is 12.3. The van der Waals surface area contributed by atoms with Crippen LogP contribution in [0.1, 0.15) is 39.0 Å². The number of nitrogens with two attached hydrogens (primary N) is 1. The van der Waals surface area contributed by atoms with Crippen LogP contribution in [0, 0.1) is 5.92 Å². The van der Waals surface area contributed by atoms with Crippen LogP contribution in [-0.2, 0) is 24.1 Å². The number of nitrogens with one attached hydrogen (secondary N) is 1. The van der Waals surface area contributed by atoms with E-state index in [1.807, 2.05) is 6.07 Å². The predicted molar refractivity (Wildman–Crippen MR) is 95.7 cm³/mol. The summed E-state index contributed by atoms with van der Waals surface area (Å²) in [5, 5.41) is 3.45. The molecule has 0 saturated carbocycles. The molecule has 0 radical (unpaired) electrons. The van der Waals surface area contributed by atoms with Gasteiger partial charge in [0.15, 0.2) is 0 Å². The van der Waals surface area contributed by atoms with E-state index in [-0.39, 0.29) is 12.3 Å². The molecule has 2 aromatic rings. The zero-order valence-corrected chi connectivity index (χ0v) is 15.0. The van der Waals surface area contributed by atoms with Gasteiger partial charge in [0.05, 0.1) is 16.3 Å². The molecular formula is C16H17ClN2O2S2. The van der Waals surface area contributed by atoms with Gasteiger partial charge < -0.3 is 11.1 Å². The van der Waals surface area contributed by atoms with Crippen molar-refractivity contribution in [2.24, 2.45) is 11.7 Å². The molecule has 0 bridgehead atoms. The third-order valence-corrected chi connectivity index (χ3v) is 6.38. The molecule has 0 saturated heterocycles. The standard InChI is InChI=1S/C16H17ClN2O2S2/c1-8-2-4-10-11(6-8)23-16(14(10)15(18)21)19-13(20)7-9-3-5-12(17)22-9/h3,5,8H,2,4,6-7H2,1H3,(H2,18,21)(H,19,20)/t8-/m0/s1. The molecule has 0 aromatic carbocycles.